The quantitative estimate of drug-likeness (QED) is 0.163. The fraction of sp³-hybridized carbons (Fsp3) is 0. The molecule has 0 unspecified atom stereocenters. The van der Waals surface area contributed by atoms with Gasteiger partial charge in [0.25, 0.3) is 0 Å². The van der Waals surface area contributed by atoms with E-state index in [2.05, 4.69) is 216 Å². The van der Waals surface area contributed by atoms with Gasteiger partial charge in [0.05, 0.1) is 11.0 Å². The van der Waals surface area contributed by atoms with E-state index in [1.54, 1.807) is 0 Å². The zero-order chi connectivity index (χ0) is 37.7. The molecule has 11 aromatic rings. The Balaban J connectivity index is 0.952. The summed E-state index contributed by atoms with van der Waals surface area (Å²) >= 11 is 0. The summed E-state index contributed by atoms with van der Waals surface area (Å²) in [4.78, 5) is 2.31. The van der Waals surface area contributed by atoms with Crippen LogP contribution in [0.2, 0.25) is 0 Å². The van der Waals surface area contributed by atoms with Gasteiger partial charge in [0.1, 0.15) is 11.2 Å². The molecule has 0 saturated carbocycles. The first kappa shape index (κ1) is 32.8. The Kier molecular flexibility index (Phi) is 7.82. The average Bonchev–Trinajstić information content (AvgIpc) is 3.83. The van der Waals surface area contributed by atoms with Crippen LogP contribution in [0.15, 0.2) is 223 Å². The average molecular weight is 729 g/mol. The molecule has 9 aromatic carbocycles. The molecule has 3 nitrogen and oxygen atoms in total. The maximum atomic E-state index is 6.33. The van der Waals surface area contributed by atoms with Gasteiger partial charge in [-0.3, -0.25) is 0 Å². The van der Waals surface area contributed by atoms with Crippen molar-refractivity contribution in [2.24, 2.45) is 0 Å². The van der Waals surface area contributed by atoms with Gasteiger partial charge >= 0.3 is 0 Å². The molecule has 0 amide bonds. The van der Waals surface area contributed by atoms with Crippen molar-refractivity contribution in [3.8, 4) is 39.1 Å². The normalized spacial score (nSPS) is 11.5. The highest BCUT2D eigenvalue weighted by molar-refractivity contribution is 6.11. The van der Waals surface area contributed by atoms with Crippen LogP contribution in [0.25, 0.3) is 82.8 Å². The van der Waals surface area contributed by atoms with Crippen LogP contribution in [0.3, 0.4) is 0 Å². The van der Waals surface area contributed by atoms with Gasteiger partial charge in [-0.15, -0.1) is 0 Å². The molecular weight excluding hydrogens is 693 g/mol. The summed E-state index contributed by atoms with van der Waals surface area (Å²) in [5.74, 6) is 0. The van der Waals surface area contributed by atoms with Gasteiger partial charge in [-0.25, -0.2) is 0 Å². The number of aromatic nitrogens is 1. The first-order valence-corrected chi connectivity index (χ1v) is 19.4. The number of rotatable bonds is 7. The molecule has 268 valence electrons. The lowest BCUT2D eigenvalue weighted by Gasteiger charge is -2.26. The molecule has 0 aliphatic carbocycles. The molecule has 2 heterocycles. The summed E-state index contributed by atoms with van der Waals surface area (Å²) in [7, 11) is 0. The molecule has 11 rings (SSSR count). The highest BCUT2D eigenvalue weighted by atomic mass is 16.3. The lowest BCUT2D eigenvalue weighted by molar-refractivity contribution is 0.668. The lowest BCUT2D eigenvalue weighted by atomic mass is 9.98. The van der Waals surface area contributed by atoms with E-state index < -0.39 is 0 Å². The number of anilines is 3. The van der Waals surface area contributed by atoms with E-state index in [1.165, 1.54) is 49.7 Å². The van der Waals surface area contributed by atoms with Crippen molar-refractivity contribution in [1.29, 1.82) is 0 Å². The largest absolute Gasteiger partial charge is 0.456 e. The number of fused-ring (bicyclic) bond motifs is 6. The SMILES string of the molecule is c1ccc(-c2ccc(N(c3ccccc3)c3ccc(-c4cccc(-c5ccc6c7ccccc7n(-c7ccc8c(c7)oc7ccccc78)c6c5)c4)cc3)cc2)cc1. The third kappa shape index (κ3) is 5.76. The van der Waals surface area contributed by atoms with Gasteiger partial charge in [0.15, 0.2) is 0 Å². The van der Waals surface area contributed by atoms with E-state index in [0.717, 1.165) is 50.2 Å². The fourth-order valence-corrected chi connectivity index (χ4v) is 8.42. The first-order valence-electron chi connectivity index (χ1n) is 19.4. The maximum Gasteiger partial charge on any atom is 0.137 e. The number of furan rings is 1. The first-order chi connectivity index (χ1) is 28.2. The second-order valence-electron chi connectivity index (χ2n) is 14.6. The predicted octanol–water partition coefficient (Wildman–Crippen LogP) is 15.2. The number of benzene rings is 9. The smallest absolute Gasteiger partial charge is 0.137 e. The molecule has 0 aliphatic rings. The molecule has 57 heavy (non-hydrogen) atoms. The van der Waals surface area contributed by atoms with E-state index in [-0.39, 0.29) is 0 Å². The number of para-hydroxylation sites is 3. The van der Waals surface area contributed by atoms with Crippen LogP contribution in [0.5, 0.6) is 0 Å². The number of hydrogen-bond donors (Lipinski definition) is 0. The Morgan fingerprint density at radius 1 is 0.298 bits per heavy atom. The summed E-state index contributed by atoms with van der Waals surface area (Å²) in [6.07, 6.45) is 0. The second-order valence-corrected chi connectivity index (χ2v) is 14.6. The maximum absolute atomic E-state index is 6.33. The zero-order valence-corrected chi connectivity index (χ0v) is 31.1. The summed E-state index contributed by atoms with van der Waals surface area (Å²) in [5, 5.41) is 4.73. The highest BCUT2D eigenvalue weighted by Crippen LogP contribution is 2.39. The van der Waals surface area contributed by atoms with Crippen LogP contribution in [0.1, 0.15) is 0 Å². The topological polar surface area (TPSA) is 21.3 Å². The second kappa shape index (κ2) is 13.6. The van der Waals surface area contributed by atoms with Gasteiger partial charge in [-0.05, 0) is 106 Å². The van der Waals surface area contributed by atoms with Crippen LogP contribution >= 0.6 is 0 Å². The van der Waals surface area contributed by atoms with E-state index in [1.807, 2.05) is 12.1 Å². The Bertz CT molecular complexity index is 3210. The summed E-state index contributed by atoms with van der Waals surface area (Å²) < 4.78 is 8.70. The minimum atomic E-state index is 0.891. The molecule has 0 aliphatic heterocycles. The van der Waals surface area contributed by atoms with Crippen LogP contribution in [-0.4, -0.2) is 4.57 Å². The molecule has 3 heteroatoms. The fourth-order valence-electron chi connectivity index (χ4n) is 8.42. The molecule has 0 atom stereocenters. The Labute approximate surface area is 330 Å². The van der Waals surface area contributed by atoms with Gasteiger partial charge in [0.2, 0.25) is 0 Å². The zero-order valence-electron chi connectivity index (χ0n) is 31.1. The molecule has 0 radical (unpaired) electrons. The van der Waals surface area contributed by atoms with Crippen LogP contribution in [0, 0.1) is 0 Å². The van der Waals surface area contributed by atoms with Crippen molar-refractivity contribution in [3.05, 3.63) is 218 Å². The van der Waals surface area contributed by atoms with E-state index >= 15 is 0 Å². The third-order valence-corrected chi connectivity index (χ3v) is 11.2. The summed E-state index contributed by atoms with van der Waals surface area (Å²) in [6.45, 7) is 0. The Hall–Kier alpha value is -7.62. The highest BCUT2D eigenvalue weighted by Gasteiger charge is 2.17. The monoisotopic (exact) mass is 728 g/mol. The number of hydrogen-bond acceptors (Lipinski definition) is 2. The Morgan fingerprint density at radius 2 is 0.789 bits per heavy atom. The van der Waals surface area contributed by atoms with Crippen molar-refractivity contribution in [1.82, 2.24) is 4.57 Å². The summed E-state index contributed by atoms with van der Waals surface area (Å²) in [6, 6.07) is 78.1. The summed E-state index contributed by atoms with van der Waals surface area (Å²) in [5.41, 5.74) is 15.6. The molecule has 0 spiro atoms. The molecule has 0 N–H and O–H groups in total. The molecular formula is C54H36N2O. The van der Waals surface area contributed by atoms with E-state index in [4.69, 9.17) is 4.42 Å². The molecule has 0 saturated heterocycles. The van der Waals surface area contributed by atoms with E-state index in [0.29, 0.717) is 0 Å². The number of nitrogens with zero attached hydrogens (tertiary/aromatic N) is 2. The standard InChI is InChI=1S/C54H36N2O/c1-3-12-37(13-4-1)38-22-27-44(28-23-38)55(43-16-5-2-6-17-43)45-29-24-39(25-30-45)40-14-11-15-41(34-40)42-26-32-48-47-18-7-9-20-51(47)56(52(48)35-42)46-31-33-50-49-19-8-10-21-53(49)57-54(50)36-46/h1-36H. The van der Waals surface area contributed by atoms with Crippen molar-refractivity contribution in [3.63, 3.8) is 0 Å². The van der Waals surface area contributed by atoms with Gasteiger partial charge < -0.3 is 13.9 Å². The van der Waals surface area contributed by atoms with Crippen molar-refractivity contribution >= 4 is 60.8 Å². The predicted molar refractivity (Wildman–Crippen MR) is 239 cm³/mol. The van der Waals surface area contributed by atoms with Crippen LogP contribution in [0.4, 0.5) is 17.1 Å². The molecule has 2 aromatic heterocycles. The minimum Gasteiger partial charge on any atom is -0.456 e. The van der Waals surface area contributed by atoms with Gasteiger partial charge in [-0.2, -0.15) is 0 Å². The van der Waals surface area contributed by atoms with Gasteiger partial charge in [-0.1, -0.05) is 140 Å². The molecule has 0 bridgehead atoms. The van der Waals surface area contributed by atoms with Crippen LogP contribution in [-0.2, 0) is 0 Å². The molecule has 0 fully saturated rings. The van der Waals surface area contributed by atoms with Crippen molar-refractivity contribution in [2.75, 3.05) is 4.90 Å². The minimum absolute atomic E-state index is 0.891. The van der Waals surface area contributed by atoms with Gasteiger partial charge in [0, 0.05) is 50.4 Å². The third-order valence-electron chi connectivity index (χ3n) is 11.2. The van der Waals surface area contributed by atoms with Crippen molar-refractivity contribution in [2.45, 2.75) is 0 Å². The van der Waals surface area contributed by atoms with Crippen LogP contribution < -0.4 is 4.90 Å². The lowest BCUT2D eigenvalue weighted by Crippen LogP contribution is -2.09. The van der Waals surface area contributed by atoms with Crippen molar-refractivity contribution < 1.29 is 4.42 Å². The van der Waals surface area contributed by atoms with E-state index in [9.17, 15) is 0 Å². The Morgan fingerprint density at radius 3 is 1.54 bits per heavy atom.